The van der Waals surface area contributed by atoms with E-state index in [2.05, 4.69) is 157 Å². The highest BCUT2D eigenvalue weighted by Crippen LogP contribution is 2.45. The van der Waals surface area contributed by atoms with Crippen LogP contribution in [0.5, 0.6) is 0 Å². The number of carbonyl (C=O) groups is 1. The van der Waals surface area contributed by atoms with Gasteiger partial charge >= 0.3 is 6.03 Å². The highest BCUT2D eigenvalue weighted by atomic mass is 16.2. The quantitative estimate of drug-likeness (QED) is 0.0963. The Kier molecular flexibility index (Phi) is 14.7. The number of unbranched alkanes of at least 4 members (excludes halogenated alkanes) is 2. The van der Waals surface area contributed by atoms with Crippen molar-refractivity contribution < 1.29 is 9.59 Å². The van der Waals surface area contributed by atoms with Crippen LogP contribution in [-0.4, -0.2) is 55.3 Å². The number of amides is 2. The molecule has 2 aliphatic heterocycles. The molecule has 4 aromatic rings. The van der Waals surface area contributed by atoms with Crippen LogP contribution in [0.4, 0.5) is 4.79 Å². The van der Waals surface area contributed by atoms with Gasteiger partial charge in [0.2, 0.25) is 6.08 Å². The van der Waals surface area contributed by atoms with Crippen LogP contribution in [-0.2, 0) is 17.6 Å². The molecule has 56 heavy (non-hydrogen) atoms. The van der Waals surface area contributed by atoms with E-state index in [1.54, 1.807) is 11.1 Å². The summed E-state index contributed by atoms with van der Waals surface area (Å²) in [6, 6.07) is 39.9. The average molecular weight is 749 g/mol. The molecule has 4 aliphatic rings. The van der Waals surface area contributed by atoms with Gasteiger partial charge in [-0.1, -0.05) is 150 Å². The van der Waals surface area contributed by atoms with E-state index in [4.69, 9.17) is 0 Å². The van der Waals surface area contributed by atoms with E-state index in [1.165, 1.54) is 57.0 Å². The minimum atomic E-state index is 0.0868. The zero-order valence-electron chi connectivity index (χ0n) is 33.9. The Morgan fingerprint density at radius 3 is 1.91 bits per heavy atom. The Labute approximate surface area is 335 Å². The van der Waals surface area contributed by atoms with Gasteiger partial charge in [0.25, 0.3) is 0 Å². The summed E-state index contributed by atoms with van der Waals surface area (Å²) in [4.78, 5) is 27.9. The van der Waals surface area contributed by atoms with Gasteiger partial charge in [-0.25, -0.2) is 14.6 Å². The maximum absolute atomic E-state index is 13.1. The van der Waals surface area contributed by atoms with Gasteiger partial charge in [0, 0.05) is 31.0 Å². The molecule has 0 spiro atoms. The van der Waals surface area contributed by atoms with Crippen LogP contribution in [0, 0.1) is 0 Å². The van der Waals surface area contributed by atoms with Gasteiger partial charge in [-0.3, -0.25) is 0 Å². The number of fused-ring (bicyclic) bond motifs is 4. The van der Waals surface area contributed by atoms with Crippen LogP contribution >= 0.6 is 0 Å². The van der Waals surface area contributed by atoms with Gasteiger partial charge in [0.1, 0.15) is 0 Å². The molecule has 0 saturated heterocycles. The summed E-state index contributed by atoms with van der Waals surface area (Å²) >= 11 is 0. The van der Waals surface area contributed by atoms with Crippen molar-refractivity contribution in [1.82, 2.24) is 15.5 Å². The second-order valence-corrected chi connectivity index (χ2v) is 15.6. The second kappa shape index (κ2) is 20.2. The number of aliphatic imine (C=N–C) groups is 1. The minimum Gasteiger partial charge on any atom is -0.338 e. The van der Waals surface area contributed by atoms with Crippen LogP contribution in [0.1, 0.15) is 111 Å². The fourth-order valence-corrected chi connectivity index (χ4v) is 9.04. The zero-order valence-corrected chi connectivity index (χ0v) is 33.9. The normalized spacial score (nSPS) is 18.8. The lowest BCUT2D eigenvalue weighted by Gasteiger charge is -2.41. The number of urea groups is 1. The molecule has 2 heterocycles. The van der Waals surface area contributed by atoms with E-state index in [0.29, 0.717) is 18.5 Å². The molecule has 0 saturated carbocycles. The molecular weight excluding hydrogens is 689 g/mol. The fraction of sp³-hybridized carbons (Fsp3) is 0.400. The largest absolute Gasteiger partial charge is 0.338 e. The molecule has 292 valence electrons. The van der Waals surface area contributed by atoms with Gasteiger partial charge in [0.15, 0.2) is 0 Å². The topological polar surface area (TPSA) is 73.8 Å². The third kappa shape index (κ3) is 9.49. The van der Waals surface area contributed by atoms with Gasteiger partial charge in [-0.15, -0.1) is 0 Å². The average Bonchev–Trinajstić information content (AvgIpc) is 3.83. The summed E-state index contributed by atoms with van der Waals surface area (Å²) < 4.78 is 0. The monoisotopic (exact) mass is 748 g/mol. The molecule has 2 amide bonds. The Morgan fingerprint density at radius 1 is 0.750 bits per heavy atom. The van der Waals surface area contributed by atoms with Crippen molar-refractivity contribution in [1.29, 1.82) is 0 Å². The van der Waals surface area contributed by atoms with Crippen LogP contribution in [0.25, 0.3) is 11.1 Å². The summed E-state index contributed by atoms with van der Waals surface area (Å²) in [5.74, 6) is 0.781. The van der Waals surface area contributed by atoms with E-state index in [0.717, 1.165) is 64.6 Å². The Morgan fingerprint density at radius 2 is 1.30 bits per heavy atom. The predicted molar refractivity (Wildman–Crippen MR) is 232 cm³/mol. The summed E-state index contributed by atoms with van der Waals surface area (Å²) in [6.45, 7) is 12.1. The van der Waals surface area contributed by atoms with E-state index in [-0.39, 0.29) is 18.0 Å². The third-order valence-corrected chi connectivity index (χ3v) is 12.0. The van der Waals surface area contributed by atoms with Crippen LogP contribution in [0.2, 0.25) is 0 Å². The van der Waals surface area contributed by atoms with Crippen LogP contribution in [0.15, 0.2) is 125 Å². The first-order chi connectivity index (χ1) is 27.5. The Hall–Kier alpha value is -5.03. The molecule has 4 atom stereocenters. The Balaban J connectivity index is 0.000000167. The van der Waals surface area contributed by atoms with Crippen LogP contribution in [0.3, 0.4) is 0 Å². The lowest BCUT2D eigenvalue weighted by atomic mass is 9.82. The number of isocyanates is 1. The first kappa shape index (κ1) is 40.6. The maximum atomic E-state index is 13.1. The zero-order chi connectivity index (χ0) is 39.3. The minimum absolute atomic E-state index is 0.0868. The predicted octanol–water partition coefficient (Wildman–Crippen LogP) is 10.7. The van der Waals surface area contributed by atoms with Crippen LogP contribution < -0.4 is 10.6 Å². The van der Waals surface area contributed by atoms with Gasteiger partial charge in [-0.05, 0) is 101 Å². The first-order valence-corrected chi connectivity index (χ1v) is 21.0. The molecule has 4 unspecified atom stereocenters. The number of carbonyl (C=O) groups excluding carboxylic acids is 2. The summed E-state index contributed by atoms with van der Waals surface area (Å²) in [6.07, 6.45) is 9.89. The third-order valence-electron chi connectivity index (χ3n) is 12.0. The first-order valence-electron chi connectivity index (χ1n) is 21.0. The molecule has 2 aliphatic carbocycles. The van der Waals surface area contributed by atoms with Crippen molar-refractivity contribution in [3.05, 3.63) is 154 Å². The molecular formula is C50H60N4O2. The van der Waals surface area contributed by atoms with Gasteiger partial charge in [-0.2, -0.15) is 0 Å². The SMILES string of the molecule is CC(c1ccccc1)C1NCCC2=C1Cc1ccccc12.CCCCN=C=O.CCCCNC(=O)N1CCC2=C(Cc3ccccc32)C1C(C)c1ccccc1. The fourth-order valence-electron chi connectivity index (χ4n) is 9.04. The highest BCUT2D eigenvalue weighted by Gasteiger charge is 2.40. The molecule has 2 N–H and O–H groups in total. The molecule has 0 fully saturated rings. The molecule has 0 aromatic heterocycles. The van der Waals surface area contributed by atoms with Gasteiger partial charge in [0.05, 0.1) is 12.6 Å². The standard InChI is InChI=1S/C25H30N2O.C20H21N.C5H9NO/c1-3-4-15-26-25(28)27-16-14-22-21-13-9-8-12-20(21)17-23(22)24(27)18(2)19-10-6-5-7-11-19;1-14(15-7-3-2-4-8-15)20-19-13-16-9-5-6-10-17(16)18(19)11-12-21-20;1-2-3-4-6-5-7/h5-13,18,24H,3-4,14-17H2,1-2H3,(H,26,28);2-10,14,20-21H,11-13H2,1H3;2-4H2,1H3. The molecule has 8 rings (SSSR count). The van der Waals surface area contributed by atoms with Crippen molar-refractivity contribution >= 4 is 23.3 Å². The molecule has 4 aromatic carbocycles. The number of hydrogen-bond acceptors (Lipinski definition) is 4. The van der Waals surface area contributed by atoms with E-state index < -0.39 is 0 Å². The summed E-state index contributed by atoms with van der Waals surface area (Å²) in [7, 11) is 0. The van der Waals surface area contributed by atoms with Crippen molar-refractivity contribution in [3.63, 3.8) is 0 Å². The highest BCUT2D eigenvalue weighted by molar-refractivity contribution is 5.83. The van der Waals surface area contributed by atoms with Crippen molar-refractivity contribution in [2.75, 3.05) is 26.2 Å². The van der Waals surface area contributed by atoms with E-state index in [1.807, 2.05) is 0 Å². The number of hydrogen-bond donors (Lipinski definition) is 2. The molecule has 0 radical (unpaired) electrons. The molecule has 0 bridgehead atoms. The van der Waals surface area contributed by atoms with Crippen molar-refractivity contribution in [2.24, 2.45) is 4.99 Å². The number of rotatable bonds is 10. The second-order valence-electron chi connectivity index (χ2n) is 15.6. The Bertz CT molecular complexity index is 2010. The lowest BCUT2D eigenvalue weighted by molar-refractivity contribution is 0.173. The van der Waals surface area contributed by atoms with Crippen molar-refractivity contribution in [2.45, 2.75) is 103 Å². The van der Waals surface area contributed by atoms with E-state index >= 15 is 0 Å². The molecule has 6 nitrogen and oxygen atoms in total. The summed E-state index contributed by atoms with van der Waals surface area (Å²) in [5.41, 5.74) is 14.7. The molecule has 6 heteroatoms. The number of nitrogens with zero attached hydrogens (tertiary/aromatic N) is 2. The van der Waals surface area contributed by atoms with E-state index in [9.17, 15) is 9.59 Å². The smallest absolute Gasteiger partial charge is 0.317 e. The van der Waals surface area contributed by atoms with Gasteiger partial charge < -0.3 is 15.5 Å². The lowest BCUT2D eigenvalue weighted by Crippen LogP contribution is -2.51. The van der Waals surface area contributed by atoms with Crippen molar-refractivity contribution in [3.8, 4) is 0 Å². The number of nitrogens with one attached hydrogen (secondary N) is 2. The number of benzene rings is 4. The maximum Gasteiger partial charge on any atom is 0.317 e. The summed E-state index contributed by atoms with van der Waals surface area (Å²) in [5, 5.41) is 6.92.